The lowest BCUT2D eigenvalue weighted by Crippen LogP contribution is -2.07. The SMILES string of the molecule is Cc1nc2cc(Cl)ccc2n1-c1nc(N)cc(Nc2ccc(OC(F)F)cc2)n1.Cc1nc2ncc(F)cn2c1-c1nc(N)cc(Nc2ccc(C(F)(F)F)cc2)n1. The summed E-state index contributed by atoms with van der Waals surface area (Å²) in [5.74, 6) is 2.00. The standard InChI is InChI=1S/C19H15ClF2N6O.C18H13F4N7/c1-10-24-14-8-11(20)2-7-15(14)28(10)19-26-16(23)9-17(27-19)25-12-3-5-13(6-4-12)29-18(21)22;1-9-15(29-8-11(19)7-24-17(29)25-9)16-27-13(23)6-14(28-16)26-12-4-2-10(3-5-12)18(20,21)22/h2-9,18H,1H3,(H3,23,25,26,27);2-8H,1H3,(H3,23,26,27,28). The van der Waals surface area contributed by atoms with Gasteiger partial charge >= 0.3 is 12.8 Å². The molecule has 0 saturated heterocycles. The zero-order valence-electron chi connectivity index (χ0n) is 30.0. The van der Waals surface area contributed by atoms with E-state index in [1.807, 2.05) is 13.0 Å². The van der Waals surface area contributed by atoms with Gasteiger partial charge in [0, 0.05) is 28.5 Å². The average Bonchev–Trinajstić information content (AvgIpc) is 3.65. The number of benzene rings is 3. The van der Waals surface area contributed by atoms with Crippen LogP contribution in [0.15, 0.2) is 91.3 Å². The van der Waals surface area contributed by atoms with E-state index in [1.54, 1.807) is 41.8 Å². The van der Waals surface area contributed by atoms with Gasteiger partial charge in [0.2, 0.25) is 11.7 Å². The Bertz CT molecular complexity index is 2760. The largest absolute Gasteiger partial charge is 0.435 e. The van der Waals surface area contributed by atoms with Gasteiger partial charge < -0.3 is 26.8 Å². The topological polar surface area (TPSA) is 185 Å². The maximum atomic E-state index is 13.6. The number of aryl methyl sites for hydroxylation is 2. The van der Waals surface area contributed by atoms with Crippen molar-refractivity contribution >= 4 is 63.1 Å². The number of nitrogen functional groups attached to an aromatic ring is 2. The van der Waals surface area contributed by atoms with E-state index in [-0.39, 0.29) is 34.8 Å². The van der Waals surface area contributed by atoms with E-state index >= 15 is 0 Å². The zero-order chi connectivity index (χ0) is 41.3. The van der Waals surface area contributed by atoms with Gasteiger partial charge in [-0.15, -0.1) is 0 Å². The lowest BCUT2D eigenvalue weighted by atomic mass is 10.2. The van der Waals surface area contributed by atoms with Crippen LogP contribution in [0.3, 0.4) is 0 Å². The van der Waals surface area contributed by atoms with E-state index in [2.05, 4.69) is 50.3 Å². The molecule has 14 nitrogen and oxygen atoms in total. The molecule has 5 aromatic heterocycles. The average molecular weight is 820 g/mol. The van der Waals surface area contributed by atoms with Crippen molar-refractivity contribution in [3.8, 4) is 23.2 Å². The highest BCUT2D eigenvalue weighted by molar-refractivity contribution is 6.31. The highest BCUT2D eigenvalue weighted by Gasteiger charge is 2.30. The quantitative estimate of drug-likeness (QED) is 0.107. The number of hydrogen-bond donors (Lipinski definition) is 4. The van der Waals surface area contributed by atoms with Crippen molar-refractivity contribution in [1.82, 2.24) is 43.9 Å². The van der Waals surface area contributed by atoms with E-state index in [0.29, 0.717) is 50.9 Å². The zero-order valence-corrected chi connectivity index (χ0v) is 30.7. The Morgan fingerprint density at radius 2 is 1.41 bits per heavy atom. The molecule has 0 fully saturated rings. The fraction of sp³-hybridized carbons (Fsp3) is 0.108. The molecular weight excluding hydrogens is 792 g/mol. The summed E-state index contributed by atoms with van der Waals surface area (Å²) in [5.41, 5.74) is 14.5. The van der Waals surface area contributed by atoms with Gasteiger partial charge in [-0.2, -0.15) is 31.9 Å². The third kappa shape index (κ3) is 8.76. The highest BCUT2D eigenvalue weighted by atomic mass is 35.5. The van der Waals surface area contributed by atoms with Gasteiger partial charge in [0.05, 0.1) is 34.7 Å². The molecule has 0 atom stereocenters. The second-order valence-electron chi connectivity index (χ2n) is 12.3. The first-order valence-electron chi connectivity index (χ1n) is 16.8. The summed E-state index contributed by atoms with van der Waals surface area (Å²) in [5, 5.41) is 6.54. The molecule has 0 spiro atoms. The van der Waals surface area contributed by atoms with Gasteiger partial charge in [0.25, 0.3) is 0 Å². The molecule has 8 aromatic rings. The number of nitrogens with one attached hydrogen (secondary N) is 2. The predicted molar refractivity (Wildman–Crippen MR) is 205 cm³/mol. The minimum Gasteiger partial charge on any atom is -0.435 e. The first-order valence-corrected chi connectivity index (χ1v) is 17.2. The molecule has 0 aliphatic carbocycles. The molecule has 6 N–H and O–H groups in total. The van der Waals surface area contributed by atoms with Gasteiger partial charge in [-0.05, 0) is 80.6 Å². The highest BCUT2D eigenvalue weighted by Crippen LogP contribution is 2.31. The minimum absolute atomic E-state index is 0.0626. The maximum absolute atomic E-state index is 13.6. The Balaban J connectivity index is 0.000000177. The molecule has 8 rings (SSSR count). The minimum atomic E-state index is -4.42. The molecule has 0 saturated carbocycles. The van der Waals surface area contributed by atoms with E-state index in [9.17, 15) is 26.3 Å². The van der Waals surface area contributed by atoms with Gasteiger partial charge in [-0.3, -0.25) is 8.97 Å². The number of aromatic nitrogens is 9. The van der Waals surface area contributed by atoms with Crippen LogP contribution in [0.1, 0.15) is 17.1 Å². The number of alkyl halides is 5. The van der Waals surface area contributed by atoms with Crippen molar-refractivity contribution in [2.24, 2.45) is 0 Å². The molecule has 5 heterocycles. The van der Waals surface area contributed by atoms with Crippen LogP contribution in [0.2, 0.25) is 5.02 Å². The normalized spacial score (nSPS) is 11.5. The van der Waals surface area contributed by atoms with Crippen molar-refractivity contribution in [2.45, 2.75) is 26.6 Å². The van der Waals surface area contributed by atoms with Gasteiger partial charge in [-0.1, -0.05) is 11.6 Å². The van der Waals surface area contributed by atoms with Crippen LogP contribution in [-0.2, 0) is 6.18 Å². The number of imidazole rings is 2. The second kappa shape index (κ2) is 15.7. The fourth-order valence-corrected chi connectivity index (χ4v) is 5.89. The summed E-state index contributed by atoms with van der Waals surface area (Å²) in [6.45, 7) is 0.647. The van der Waals surface area contributed by atoms with Crippen LogP contribution in [0.4, 0.5) is 61.0 Å². The summed E-state index contributed by atoms with van der Waals surface area (Å²) in [7, 11) is 0. The third-order valence-corrected chi connectivity index (χ3v) is 8.37. The van der Waals surface area contributed by atoms with E-state index in [4.69, 9.17) is 23.1 Å². The molecule has 0 bridgehead atoms. The van der Waals surface area contributed by atoms with Crippen LogP contribution in [0.5, 0.6) is 5.75 Å². The summed E-state index contributed by atoms with van der Waals surface area (Å²) < 4.78 is 83.8. The van der Waals surface area contributed by atoms with E-state index in [0.717, 1.165) is 23.8 Å². The van der Waals surface area contributed by atoms with E-state index < -0.39 is 24.2 Å². The number of hydrogen-bond acceptors (Lipinski definition) is 12. The van der Waals surface area contributed by atoms with Gasteiger partial charge in [0.15, 0.2) is 11.6 Å². The van der Waals surface area contributed by atoms with Gasteiger partial charge in [0.1, 0.15) is 40.5 Å². The summed E-state index contributed by atoms with van der Waals surface area (Å²) in [6, 6.07) is 18.9. The number of anilines is 6. The van der Waals surface area contributed by atoms with Crippen molar-refractivity contribution in [2.75, 3.05) is 22.1 Å². The predicted octanol–water partition coefficient (Wildman–Crippen LogP) is 8.68. The first-order chi connectivity index (χ1) is 27.6. The summed E-state index contributed by atoms with van der Waals surface area (Å²) in [6.07, 6.45) is -2.18. The molecule has 0 amide bonds. The van der Waals surface area contributed by atoms with Crippen molar-refractivity contribution in [3.05, 3.63) is 119 Å². The summed E-state index contributed by atoms with van der Waals surface area (Å²) >= 11 is 6.04. The fourth-order valence-electron chi connectivity index (χ4n) is 5.73. The maximum Gasteiger partial charge on any atom is 0.416 e. The van der Waals surface area contributed by atoms with Gasteiger partial charge in [-0.25, -0.2) is 29.3 Å². The molecule has 0 radical (unpaired) electrons. The molecular formula is C37H28ClF6N13O. The molecule has 3 aromatic carbocycles. The van der Waals surface area contributed by atoms with Crippen LogP contribution in [-0.4, -0.2) is 50.5 Å². The molecule has 0 unspecified atom stereocenters. The number of halogens is 7. The third-order valence-electron chi connectivity index (χ3n) is 8.14. The molecule has 0 aliphatic heterocycles. The molecule has 296 valence electrons. The Morgan fingerprint density at radius 3 is 2.07 bits per heavy atom. The first kappa shape index (κ1) is 39.0. The van der Waals surface area contributed by atoms with Crippen LogP contribution >= 0.6 is 11.6 Å². The molecule has 0 aliphatic rings. The van der Waals surface area contributed by atoms with Crippen molar-refractivity contribution in [1.29, 1.82) is 0 Å². The number of fused-ring (bicyclic) bond motifs is 2. The lowest BCUT2D eigenvalue weighted by Gasteiger charge is -2.11. The van der Waals surface area contributed by atoms with Crippen LogP contribution in [0, 0.1) is 19.7 Å². The Morgan fingerprint density at radius 1 is 0.776 bits per heavy atom. The van der Waals surface area contributed by atoms with Crippen molar-refractivity contribution in [3.63, 3.8) is 0 Å². The number of rotatable bonds is 8. The van der Waals surface area contributed by atoms with E-state index in [1.165, 1.54) is 40.9 Å². The second-order valence-corrected chi connectivity index (χ2v) is 12.8. The monoisotopic (exact) mass is 819 g/mol. The van der Waals surface area contributed by atoms with Crippen LogP contribution in [0.25, 0.3) is 34.3 Å². The smallest absolute Gasteiger partial charge is 0.416 e. The van der Waals surface area contributed by atoms with Crippen LogP contribution < -0.4 is 26.8 Å². The van der Waals surface area contributed by atoms with Crippen molar-refractivity contribution < 1.29 is 31.1 Å². The summed E-state index contributed by atoms with van der Waals surface area (Å²) in [4.78, 5) is 30.0. The number of nitrogens with zero attached hydrogens (tertiary/aromatic N) is 9. The Labute approximate surface area is 328 Å². The Kier molecular flexibility index (Phi) is 10.6. The lowest BCUT2D eigenvalue weighted by molar-refractivity contribution is -0.137. The number of ether oxygens (including phenoxy) is 1. The molecule has 58 heavy (non-hydrogen) atoms. The Hall–Kier alpha value is -7.22. The molecule has 21 heteroatoms. The number of nitrogens with two attached hydrogens (primary N) is 2.